The van der Waals surface area contributed by atoms with Crippen LogP contribution in [-0.2, 0) is 0 Å². The van der Waals surface area contributed by atoms with E-state index in [1.54, 1.807) is 36.4 Å². The summed E-state index contributed by atoms with van der Waals surface area (Å²) in [5.74, 6) is 0.496. The van der Waals surface area contributed by atoms with E-state index in [0.717, 1.165) is 5.57 Å². The van der Waals surface area contributed by atoms with Gasteiger partial charge in [-0.1, -0.05) is 24.2 Å². The maximum Gasteiger partial charge on any atom is 0.255 e. The summed E-state index contributed by atoms with van der Waals surface area (Å²) in [4.78, 5) is 12.1. The second-order valence-electron chi connectivity index (χ2n) is 4.73. The summed E-state index contributed by atoms with van der Waals surface area (Å²) in [7, 11) is 0. The first-order valence-electron chi connectivity index (χ1n) is 6.49. The molecule has 0 fully saturated rings. The number of halogens is 1. The molecule has 3 nitrogen and oxygen atoms in total. The van der Waals surface area contributed by atoms with Crippen LogP contribution in [0.2, 0.25) is 5.02 Å². The number of carbonyl (C=O) groups excluding carboxylic acids is 1. The number of benzene rings is 2. The third kappa shape index (κ3) is 4.65. The molecular formula is C17H16ClNO2. The quantitative estimate of drug-likeness (QED) is 0.823. The highest BCUT2D eigenvalue weighted by molar-refractivity contribution is 6.30. The van der Waals surface area contributed by atoms with Crippen LogP contribution in [0.3, 0.4) is 0 Å². The van der Waals surface area contributed by atoms with Crippen molar-refractivity contribution in [2.75, 3.05) is 11.9 Å². The van der Waals surface area contributed by atoms with Crippen molar-refractivity contribution in [2.45, 2.75) is 6.92 Å². The van der Waals surface area contributed by atoms with Crippen molar-refractivity contribution in [2.24, 2.45) is 0 Å². The van der Waals surface area contributed by atoms with Crippen molar-refractivity contribution in [3.8, 4) is 5.75 Å². The first-order valence-corrected chi connectivity index (χ1v) is 6.86. The highest BCUT2D eigenvalue weighted by Crippen LogP contribution is 2.19. The molecule has 0 aromatic heterocycles. The van der Waals surface area contributed by atoms with Gasteiger partial charge >= 0.3 is 0 Å². The van der Waals surface area contributed by atoms with Crippen LogP contribution < -0.4 is 10.1 Å². The first kappa shape index (κ1) is 15.1. The van der Waals surface area contributed by atoms with E-state index in [1.165, 1.54) is 0 Å². The molecule has 0 aliphatic carbocycles. The Hall–Kier alpha value is -2.26. The van der Waals surface area contributed by atoms with Crippen molar-refractivity contribution in [3.05, 3.63) is 71.3 Å². The minimum atomic E-state index is -0.191. The van der Waals surface area contributed by atoms with Gasteiger partial charge in [-0.25, -0.2) is 0 Å². The molecule has 0 bridgehead atoms. The maximum atomic E-state index is 12.1. The second-order valence-corrected chi connectivity index (χ2v) is 5.17. The molecule has 0 saturated carbocycles. The Bertz CT molecular complexity index is 650. The maximum absolute atomic E-state index is 12.1. The van der Waals surface area contributed by atoms with E-state index in [9.17, 15) is 4.79 Å². The van der Waals surface area contributed by atoms with E-state index >= 15 is 0 Å². The molecule has 2 aromatic carbocycles. The fourth-order valence-electron chi connectivity index (χ4n) is 1.67. The highest BCUT2D eigenvalue weighted by Gasteiger charge is 2.06. The van der Waals surface area contributed by atoms with E-state index in [0.29, 0.717) is 28.6 Å². The number of rotatable bonds is 5. The molecule has 0 spiro atoms. The molecule has 0 radical (unpaired) electrons. The molecule has 2 rings (SSSR count). The van der Waals surface area contributed by atoms with Crippen molar-refractivity contribution < 1.29 is 9.53 Å². The number of ether oxygens (including phenoxy) is 1. The van der Waals surface area contributed by atoms with Crippen molar-refractivity contribution >= 4 is 23.2 Å². The van der Waals surface area contributed by atoms with Gasteiger partial charge in [0.15, 0.2) is 0 Å². The Morgan fingerprint density at radius 2 is 1.95 bits per heavy atom. The smallest absolute Gasteiger partial charge is 0.255 e. The summed E-state index contributed by atoms with van der Waals surface area (Å²) in [6.07, 6.45) is 0. The molecule has 0 unspecified atom stereocenters. The molecule has 1 N–H and O–H groups in total. The van der Waals surface area contributed by atoms with Crippen LogP contribution in [0.15, 0.2) is 60.7 Å². The number of hydrogen-bond donors (Lipinski definition) is 1. The lowest BCUT2D eigenvalue weighted by Gasteiger charge is -2.09. The molecule has 0 heterocycles. The number of anilines is 1. The summed E-state index contributed by atoms with van der Waals surface area (Å²) < 4.78 is 5.54. The van der Waals surface area contributed by atoms with Crippen LogP contribution in [0, 0.1) is 0 Å². The van der Waals surface area contributed by atoms with Gasteiger partial charge in [-0.15, -0.1) is 0 Å². The number of amides is 1. The Balaban J connectivity index is 2.05. The summed E-state index contributed by atoms with van der Waals surface area (Å²) in [6.45, 7) is 6.13. The molecule has 0 atom stereocenters. The summed E-state index contributed by atoms with van der Waals surface area (Å²) in [5.41, 5.74) is 2.16. The third-order valence-corrected chi connectivity index (χ3v) is 2.94. The molecule has 0 aliphatic heterocycles. The SMILES string of the molecule is C=C(C)COc1cccc(NC(=O)c2ccc(Cl)cc2)c1. The van der Waals surface area contributed by atoms with Gasteiger partial charge in [-0.2, -0.15) is 0 Å². The first-order chi connectivity index (χ1) is 10.0. The Labute approximate surface area is 129 Å². The van der Waals surface area contributed by atoms with Gasteiger partial charge in [0.05, 0.1) is 0 Å². The van der Waals surface area contributed by atoms with Crippen molar-refractivity contribution in [3.63, 3.8) is 0 Å². The topological polar surface area (TPSA) is 38.3 Å². The second kappa shape index (κ2) is 6.95. The zero-order valence-corrected chi connectivity index (χ0v) is 12.5. The van der Waals surface area contributed by atoms with Crippen molar-refractivity contribution in [1.29, 1.82) is 0 Å². The monoisotopic (exact) mass is 301 g/mol. The Kier molecular flexibility index (Phi) is 5.01. The van der Waals surface area contributed by atoms with Crippen LogP contribution in [-0.4, -0.2) is 12.5 Å². The van der Waals surface area contributed by atoms with Gasteiger partial charge in [0.2, 0.25) is 0 Å². The fourth-order valence-corrected chi connectivity index (χ4v) is 1.80. The number of carbonyl (C=O) groups is 1. The standard InChI is InChI=1S/C17H16ClNO2/c1-12(2)11-21-16-5-3-4-15(10-16)19-17(20)13-6-8-14(18)9-7-13/h3-10H,1,11H2,2H3,(H,19,20). The van der Waals surface area contributed by atoms with Crippen LogP contribution >= 0.6 is 11.6 Å². The number of hydrogen-bond acceptors (Lipinski definition) is 2. The molecular weight excluding hydrogens is 286 g/mol. The van der Waals surface area contributed by atoms with E-state index in [4.69, 9.17) is 16.3 Å². The van der Waals surface area contributed by atoms with E-state index in [2.05, 4.69) is 11.9 Å². The lowest BCUT2D eigenvalue weighted by molar-refractivity contribution is 0.102. The molecule has 0 aliphatic rings. The van der Waals surface area contributed by atoms with E-state index < -0.39 is 0 Å². The number of nitrogens with one attached hydrogen (secondary N) is 1. The zero-order chi connectivity index (χ0) is 15.2. The summed E-state index contributed by atoms with van der Waals surface area (Å²) in [5, 5.41) is 3.42. The Morgan fingerprint density at radius 1 is 1.24 bits per heavy atom. The molecule has 1 amide bonds. The van der Waals surface area contributed by atoms with Crippen LogP contribution in [0.25, 0.3) is 0 Å². The molecule has 2 aromatic rings. The lowest BCUT2D eigenvalue weighted by Crippen LogP contribution is -2.11. The largest absolute Gasteiger partial charge is 0.489 e. The third-order valence-electron chi connectivity index (χ3n) is 2.68. The molecule has 0 saturated heterocycles. The average molecular weight is 302 g/mol. The predicted octanol–water partition coefficient (Wildman–Crippen LogP) is 4.55. The lowest BCUT2D eigenvalue weighted by atomic mass is 10.2. The molecule has 21 heavy (non-hydrogen) atoms. The van der Waals surface area contributed by atoms with Gasteiger partial charge < -0.3 is 10.1 Å². The fraction of sp³-hybridized carbons (Fsp3) is 0.118. The van der Waals surface area contributed by atoms with E-state index in [1.807, 2.05) is 19.1 Å². The zero-order valence-electron chi connectivity index (χ0n) is 11.7. The van der Waals surface area contributed by atoms with Gasteiger partial charge in [-0.05, 0) is 48.9 Å². The van der Waals surface area contributed by atoms with Gasteiger partial charge in [0.1, 0.15) is 12.4 Å². The van der Waals surface area contributed by atoms with Crippen molar-refractivity contribution in [1.82, 2.24) is 0 Å². The Morgan fingerprint density at radius 3 is 2.62 bits per heavy atom. The average Bonchev–Trinajstić information content (AvgIpc) is 2.46. The van der Waals surface area contributed by atoms with Crippen LogP contribution in [0.5, 0.6) is 5.75 Å². The molecule has 4 heteroatoms. The van der Waals surface area contributed by atoms with Crippen LogP contribution in [0.1, 0.15) is 17.3 Å². The van der Waals surface area contributed by atoms with E-state index in [-0.39, 0.29) is 5.91 Å². The predicted molar refractivity (Wildman–Crippen MR) is 86.2 cm³/mol. The normalized spacial score (nSPS) is 10.0. The minimum absolute atomic E-state index is 0.191. The van der Waals surface area contributed by atoms with Gasteiger partial charge in [0, 0.05) is 22.3 Å². The highest BCUT2D eigenvalue weighted by atomic mass is 35.5. The minimum Gasteiger partial charge on any atom is -0.489 e. The summed E-state index contributed by atoms with van der Waals surface area (Å²) >= 11 is 5.80. The van der Waals surface area contributed by atoms with Gasteiger partial charge in [0.25, 0.3) is 5.91 Å². The van der Waals surface area contributed by atoms with Gasteiger partial charge in [-0.3, -0.25) is 4.79 Å². The molecule has 108 valence electrons. The van der Waals surface area contributed by atoms with Crippen LogP contribution in [0.4, 0.5) is 5.69 Å². The summed E-state index contributed by atoms with van der Waals surface area (Å²) in [6, 6.07) is 14.0.